The number of amides is 1. The number of carbonyl (C=O) groups is 1. The van der Waals surface area contributed by atoms with Gasteiger partial charge in [0.2, 0.25) is 0 Å². The van der Waals surface area contributed by atoms with Crippen LogP contribution in [0.2, 0.25) is 0 Å². The minimum atomic E-state index is -0.341. The summed E-state index contributed by atoms with van der Waals surface area (Å²) in [5.41, 5.74) is 6.39. The zero-order chi connectivity index (χ0) is 14.5. The second kappa shape index (κ2) is 6.43. The maximum atomic E-state index is 11.9. The lowest BCUT2D eigenvalue weighted by Gasteiger charge is -2.21. The van der Waals surface area contributed by atoms with Gasteiger partial charge in [-0.25, -0.2) is 0 Å². The lowest BCUT2D eigenvalue weighted by Crippen LogP contribution is -2.36. The number of ether oxygens (including phenoxy) is 1. The summed E-state index contributed by atoms with van der Waals surface area (Å²) < 4.78 is 5.31. The summed E-state index contributed by atoms with van der Waals surface area (Å²) in [4.78, 5) is 11.9. The van der Waals surface area contributed by atoms with Gasteiger partial charge >= 0.3 is 0 Å². The van der Waals surface area contributed by atoms with E-state index < -0.39 is 0 Å². The Morgan fingerprint density at radius 1 is 1.47 bits per heavy atom. The second-order valence-electron chi connectivity index (χ2n) is 5.19. The van der Waals surface area contributed by atoms with E-state index in [0.717, 1.165) is 0 Å². The molecule has 5 heteroatoms. The third-order valence-electron chi connectivity index (χ3n) is 2.73. The first kappa shape index (κ1) is 15.3. The predicted molar refractivity (Wildman–Crippen MR) is 75.2 cm³/mol. The summed E-state index contributed by atoms with van der Waals surface area (Å²) in [6, 6.07) is 4.94. The van der Waals surface area contributed by atoms with E-state index in [1.165, 1.54) is 0 Å². The van der Waals surface area contributed by atoms with Crippen molar-refractivity contribution in [3.63, 3.8) is 0 Å². The highest BCUT2D eigenvalue weighted by molar-refractivity contribution is 5.95. The molecule has 0 fully saturated rings. The molecule has 0 spiro atoms. The van der Waals surface area contributed by atoms with E-state index in [4.69, 9.17) is 15.6 Å². The lowest BCUT2D eigenvalue weighted by molar-refractivity contribution is 0.0911. The van der Waals surface area contributed by atoms with E-state index in [0.29, 0.717) is 30.2 Å². The van der Waals surface area contributed by atoms with Gasteiger partial charge in [-0.3, -0.25) is 4.79 Å². The largest absolute Gasteiger partial charge is 0.492 e. The van der Waals surface area contributed by atoms with Crippen LogP contribution >= 0.6 is 0 Å². The first-order valence-corrected chi connectivity index (χ1v) is 6.31. The quantitative estimate of drug-likeness (QED) is 0.680. The van der Waals surface area contributed by atoms with Crippen LogP contribution < -0.4 is 15.8 Å². The highest BCUT2D eigenvalue weighted by Gasteiger charge is 2.18. The molecule has 0 heterocycles. The Labute approximate surface area is 113 Å². The fourth-order valence-electron chi connectivity index (χ4n) is 1.45. The van der Waals surface area contributed by atoms with E-state index in [9.17, 15) is 4.79 Å². The first-order chi connectivity index (χ1) is 8.89. The average molecular weight is 266 g/mol. The Hall–Kier alpha value is -1.75. The summed E-state index contributed by atoms with van der Waals surface area (Å²) >= 11 is 0. The van der Waals surface area contributed by atoms with E-state index >= 15 is 0 Å². The molecule has 1 aromatic carbocycles. The van der Waals surface area contributed by atoms with Crippen LogP contribution in [0.25, 0.3) is 0 Å². The first-order valence-electron chi connectivity index (χ1n) is 6.31. The number of rotatable bonds is 6. The molecule has 0 aliphatic rings. The van der Waals surface area contributed by atoms with Crippen molar-refractivity contribution in [2.75, 3.05) is 25.5 Å². The van der Waals surface area contributed by atoms with Crippen LogP contribution in [0.1, 0.15) is 31.1 Å². The van der Waals surface area contributed by atoms with Crippen LogP contribution in [0.5, 0.6) is 5.75 Å². The number of nitrogens with one attached hydrogen (secondary N) is 1. The summed E-state index contributed by atoms with van der Waals surface area (Å²) in [7, 11) is 0. The molecule has 4 N–H and O–H groups in total. The van der Waals surface area contributed by atoms with Gasteiger partial charge in [-0.2, -0.15) is 0 Å². The minimum Gasteiger partial charge on any atom is -0.492 e. The van der Waals surface area contributed by atoms with E-state index in [1.807, 2.05) is 20.8 Å². The van der Waals surface area contributed by atoms with Crippen LogP contribution in [0.4, 0.5) is 5.69 Å². The predicted octanol–water partition coefficient (Wildman–Crippen LogP) is 1.42. The van der Waals surface area contributed by atoms with Gasteiger partial charge in [0, 0.05) is 24.1 Å². The average Bonchev–Trinajstić information content (AvgIpc) is 2.38. The topological polar surface area (TPSA) is 84.6 Å². The molecule has 0 aliphatic carbocycles. The Kier molecular flexibility index (Phi) is 5.18. The fourth-order valence-corrected chi connectivity index (χ4v) is 1.45. The standard InChI is InChI=1S/C14H22N2O3/c1-4-19-12-6-5-10(7-11(12)15)13(18)16-8-14(2,3)9-17/h5-7,17H,4,8-9,15H2,1-3H3,(H,16,18). The molecule has 0 atom stereocenters. The van der Waals surface area contributed by atoms with Crippen molar-refractivity contribution >= 4 is 11.6 Å². The molecule has 0 radical (unpaired) electrons. The number of aliphatic hydroxyl groups is 1. The zero-order valence-electron chi connectivity index (χ0n) is 11.7. The van der Waals surface area contributed by atoms with Gasteiger partial charge in [-0.05, 0) is 25.1 Å². The molecule has 0 saturated carbocycles. The Bertz CT molecular complexity index is 444. The van der Waals surface area contributed by atoms with Crippen LogP contribution in [0.3, 0.4) is 0 Å². The zero-order valence-corrected chi connectivity index (χ0v) is 11.7. The molecule has 1 rings (SSSR count). The van der Waals surface area contributed by atoms with Gasteiger partial charge in [-0.1, -0.05) is 13.8 Å². The minimum absolute atomic E-state index is 0.0126. The Balaban J connectivity index is 2.70. The SMILES string of the molecule is CCOc1ccc(C(=O)NCC(C)(C)CO)cc1N. The van der Waals surface area contributed by atoms with Crippen LogP contribution in [0, 0.1) is 5.41 Å². The molecule has 5 nitrogen and oxygen atoms in total. The van der Waals surface area contributed by atoms with Gasteiger partial charge < -0.3 is 20.9 Å². The van der Waals surface area contributed by atoms with Crippen molar-refractivity contribution in [3.8, 4) is 5.75 Å². The fraction of sp³-hybridized carbons (Fsp3) is 0.500. The Morgan fingerprint density at radius 2 is 2.16 bits per heavy atom. The number of aliphatic hydroxyl groups excluding tert-OH is 1. The number of anilines is 1. The van der Waals surface area contributed by atoms with Crippen LogP contribution in [0.15, 0.2) is 18.2 Å². The smallest absolute Gasteiger partial charge is 0.251 e. The van der Waals surface area contributed by atoms with Gasteiger partial charge in [0.1, 0.15) is 5.75 Å². The molecule has 19 heavy (non-hydrogen) atoms. The molecular formula is C14H22N2O3. The number of nitrogen functional groups attached to an aromatic ring is 1. The summed E-state index contributed by atoms with van der Waals surface area (Å²) in [6.07, 6.45) is 0. The molecule has 106 valence electrons. The van der Waals surface area contributed by atoms with Gasteiger partial charge in [0.15, 0.2) is 0 Å². The van der Waals surface area contributed by atoms with Crippen LogP contribution in [-0.4, -0.2) is 30.8 Å². The number of hydrogen-bond acceptors (Lipinski definition) is 4. The summed E-state index contributed by atoms with van der Waals surface area (Å²) in [5.74, 6) is 0.367. The van der Waals surface area contributed by atoms with Crippen molar-refractivity contribution in [2.45, 2.75) is 20.8 Å². The normalized spacial score (nSPS) is 11.2. The third kappa shape index (κ3) is 4.44. The lowest BCUT2D eigenvalue weighted by atomic mass is 9.95. The number of nitrogens with two attached hydrogens (primary N) is 1. The summed E-state index contributed by atoms with van der Waals surface area (Å²) in [6.45, 7) is 6.56. The van der Waals surface area contributed by atoms with E-state index in [1.54, 1.807) is 18.2 Å². The van der Waals surface area contributed by atoms with Gasteiger partial charge in [0.25, 0.3) is 5.91 Å². The Morgan fingerprint density at radius 3 is 2.68 bits per heavy atom. The van der Waals surface area contributed by atoms with Crippen molar-refractivity contribution in [1.29, 1.82) is 0 Å². The molecule has 0 bridgehead atoms. The summed E-state index contributed by atoms with van der Waals surface area (Å²) in [5, 5.41) is 11.9. The highest BCUT2D eigenvalue weighted by atomic mass is 16.5. The number of hydrogen-bond donors (Lipinski definition) is 3. The monoisotopic (exact) mass is 266 g/mol. The number of benzene rings is 1. The molecular weight excluding hydrogens is 244 g/mol. The molecule has 1 amide bonds. The van der Waals surface area contributed by atoms with Gasteiger partial charge in [0.05, 0.1) is 12.3 Å². The maximum Gasteiger partial charge on any atom is 0.251 e. The van der Waals surface area contributed by atoms with E-state index in [2.05, 4.69) is 5.32 Å². The van der Waals surface area contributed by atoms with Crippen molar-refractivity contribution in [2.24, 2.45) is 5.41 Å². The second-order valence-corrected chi connectivity index (χ2v) is 5.19. The van der Waals surface area contributed by atoms with Crippen molar-refractivity contribution in [1.82, 2.24) is 5.32 Å². The third-order valence-corrected chi connectivity index (χ3v) is 2.73. The molecule has 0 saturated heterocycles. The maximum absolute atomic E-state index is 11.9. The highest BCUT2D eigenvalue weighted by Crippen LogP contribution is 2.22. The molecule has 0 unspecified atom stereocenters. The van der Waals surface area contributed by atoms with Gasteiger partial charge in [-0.15, -0.1) is 0 Å². The van der Waals surface area contributed by atoms with E-state index in [-0.39, 0.29) is 17.9 Å². The number of carbonyl (C=O) groups excluding carboxylic acids is 1. The molecule has 1 aromatic rings. The van der Waals surface area contributed by atoms with Crippen LogP contribution in [-0.2, 0) is 0 Å². The van der Waals surface area contributed by atoms with Crippen molar-refractivity contribution in [3.05, 3.63) is 23.8 Å². The molecule has 0 aromatic heterocycles. The molecule has 0 aliphatic heterocycles. The van der Waals surface area contributed by atoms with Crippen molar-refractivity contribution < 1.29 is 14.6 Å².